The van der Waals surface area contributed by atoms with E-state index in [9.17, 15) is 14.4 Å². The van der Waals surface area contributed by atoms with E-state index in [1.807, 2.05) is 57.2 Å². The molecule has 28 heavy (non-hydrogen) atoms. The van der Waals surface area contributed by atoms with Crippen molar-refractivity contribution in [3.8, 4) is 0 Å². The highest BCUT2D eigenvalue weighted by Gasteiger charge is 2.39. The standard InChI is InChI=1S/C22H27N3O3/c1-22(2,3)25-14-16(13-19(25)26)20(27)23-11-12-24-21(28)18-10-6-8-15-7-4-5-9-17(15)18/h4-10,16H,11-14H2,1-3H3,(H,23,27)(H,24,28). The normalized spacial score (nSPS) is 17.0. The van der Waals surface area contributed by atoms with Crippen LogP contribution in [-0.2, 0) is 9.59 Å². The molecule has 6 nitrogen and oxygen atoms in total. The molecule has 0 saturated carbocycles. The number of amides is 3. The van der Waals surface area contributed by atoms with Crippen LogP contribution in [0.15, 0.2) is 42.5 Å². The molecule has 1 aliphatic rings. The van der Waals surface area contributed by atoms with Crippen LogP contribution in [0.3, 0.4) is 0 Å². The average molecular weight is 381 g/mol. The van der Waals surface area contributed by atoms with Gasteiger partial charge in [0, 0.05) is 37.2 Å². The van der Waals surface area contributed by atoms with Gasteiger partial charge in [0.05, 0.1) is 5.92 Å². The summed E-state index contributed by atoms with van der Waals surface area (Å²) in [4.78, 5) is 38.7. The Bertz CT molecular complexity index is 896. The van der Waals surface area contributed by atoms with Gasteiger partial charge in [-0.25, -0.2) is 0 Å². The molecule has 1 saturated heterocycles. The van der Waals surface area contributed by atoms with E-state index in [-0.39, 0.29) is 35.6 Å². The van der Waals surface area contributed by atoms with E-state index in [4.69, 9.17) is 0 Å². The lowest BCUT2D eigenvalue weighted by Crippen LogP contribution is -2.43. The van der Waals surface area contributed by atoms with Crippen LogP contribution in [0.4, 0.5) is 0 Å². The highest BCUT2D eigenvalue weighted by Crippen LogP contribution is 2.25. The van der Waals surface area contributed by atoms with Crippen LogP contribution in [0.2, 0.25) is 0 Å². The summed E-state index contributed by atoms with van der Waals surface area (Å²) in [6.45, 7) is 7.00. The Hall–Kier alpha value is -2.89. The molecular formula is C22H27N3O3. The van der Waals surface area contributed by atoms with Crippen LogP contribution in [0.5, 0.6) is 0 Å². The molecule has 3 rings (SSSR count). The topological polar surface area (TPSA) is 78.5 Å². The van der Waals surface area contributed by atoms with Gasteiger partial charge in [0.2, 0.25) is 11.8 Å². The molecule has 1 atom stereocenters. The zero-order valence-electron chi connectivity index (χ0n) is 16.6. The molecule has 0 aliphatic carbocycles. The van der Waals surface area contributed by atoms with Gasteiger partial charge >= 0.3 is 0 Å². The summed E-state index contributed by atoms with van der Waals surface area (Å²) in [6.07, 6.45) is 0.242. The van der Waals surface area contributed by atoms with Crippen molar-refractivity contribution in [3.63, 3.8) is 0 Å². The van der Waals surface area contributed by atoms with Crippen molar-refractivity contribution >= 4 is 28.5 Å². The third-order valence-electron chi connectivity index (χ3n) is 5.05. The molecule has 1 heterocycles. The highest BCUT2D eigenvalue weighted by molar-refractivity contribution is 6.07. The van der Waals surface area contributed by atoms with E-state index in [1.165, 1.54) is 0 Å². The quantitative estimate of drug-likeness (QED) is 0.781. The number of fused-ring (bicyclic) bond motifs is 1. The Morgan fingerprint density at radius 2 is 1.71 bits per heavy atom. The first kappa shape index (κ1) is 19.9. The third kappa shape index (κ3) is 4.32. The van der Waals surface area contributed by atoms with E-state index in [2.05, 4.69) is 10.6 Å². The summed E-state index contributed by atoms with van der Waals surface area (Å²) < 4.78 is 0. The molecule has 6 heteroatoms. The second-order valence-electron chi connectivity index (χ2n) is 8.15. The summed E-state index contributed by atoms with van der Waals surface area (Å²) in [5.41, 5.74) is 0.338. The predicted octanol–water partition coefficient (Wildman–Crippen LogP) is 2.33. The summed E-state index contributed by atoms with van der Waals surface area (Å²) in [5, 5.41) is 7.59. The highest BCUT2D eigenvalue weighted by atomic mass is 16.2. The van der Waals surface area contributed by atoms with E-state index >= 15 is 0 Å². The first-order valence-corrected chi connectivity index (χ1v) is 9.61. The summed E-state index contributed by atoms with van der Waals surface area (Å²) in [5.74, 6) is -0.627. The van der Waals surface area contributed by atoms with Gasteiger partial charge < -0.3 is 15.5 Å². The SMILES string of the molecule is CC(C)(C)N1CC(C(=O)NCCNC(=O)c2cccc3ccccc23)CC1=O. The number of likely N-dealkylation sites (tertiary alicyclic amines) is 1. The number of rotatable bonds is 5. The van der Waals surface area contributed by atoms with Crippen LogP contribution in [0.1, 0.15) is 37.6 Å². The lowest BCUT2D eigenvalue weighted by molar-refractivity contribution is -0.132. The van der Waals surface area contributed by atoms with Crippen molar-refractivity contribution in [3.05, 3.63) is 48.0 Å². The van der Waals surface area contributed by atoms with Crippen molar-refractivity contribution in [1.29, 1.82) is 0 Å². The maximum atomic E-state index is 12.5. The monoisotopic (exact) mass is 381 g/mol. The van der Waals surface area contributed by atoms with Gasteiger partial charge in [-0.1, -0.05) is 36.4 Å². The molecule has 2 N–H and O–H groups in total. The fourth-order valence-corrected chi connectivity index (χ4v) is 3.56. The number of carbonyl (C=O) groups is 3. The maximum absolute atomic E-state index is 12.5. The number of hydrogen-bond acceptors (Lipinski definition) is 3. The van der Waals surface area contributed by atoms with Crippen LogP contribution in [-0.4, -0.2) is 47.8 Å². The lowest BCUT2D eigenvalue weighted by Gasteiger charge is -2.31. The second-order valence-corrected chi connectivity index (χ2v) is 8.15. The zero-order valence-corrected chi connectivity index (χ0v) is 16.6. The molecule has 3 amide bonds. The average Bonchev–Trinajstić information content (AvgIpc) is 3.06. The molecule has 1 aliphatic heterocycles. The minimum atomic E-state index is -0.333. The number of nitrogens with zero attached hydrogens (tertiary/aromatic N) is 1. The van der Waals surface area contributed by atoms with Crippen LogP contribution in [0, 0.1) is 5.92 Å². The molecule has 0 bridgehead atoms. The smallest absolute Gasteiger partial charge is 0.251 e. The predicted molar refractivity (Wildman–Crippen MR) is 109 cm³/mol. The number of benzene rings is 2. The fraction of sp³-hybridized carbons (Fsp3) is 0.409. The van der Waals surface area contributed by atoms with E-state index in [1.54, 1.807) is 11.0 Å². The zero-order chi connectivity index (χ0) is 20.3. The van der Waals surface area contributed by atoms with Gasteiger partial charge in [0.15, 0.2) is 0 Å². The van der Waals surface area contributed by atoms with Crippen molar-refractivity contribution in [2.45, 2.75) is 32.7 Å². The molecular weight excluding hydrogens is 354 g/mol. The lowest BCUT2D eigenvalue weighted by atomic mass is 10.0. The minimum Gasteiger partial charge on any atom is -0.354 e. The van der Waals surface area contributed by atoms with Crippen molar-refractivity contribution in [2.24, 2.45) is 5.92 Å². The second kappa shape index (κ2) is 8.00. The molecule has 1 unspecified atom stereocenters. The number of carbonyl (C=O) groups excluding carboxylic acids is 3. The molecule has 1 fully saturated rings. The number of hydrogen-bond donors (Lipinski definition) is 2. The van der Waals surface area contributed by atoms with Gasteiger partial charge in [-0.3, -0.25) is 14.4 Å². The third-order valence-corrected chi connectivity index (χ3v) is 5.05. The van der Waals surface area contributed by atoms with Crippen LogP contribution in [0.25, 0.3) is 10.8 Å². The number of nitrogens with one attached hydrogen (secondary N) is 2. The molecule has 0 spiro atoms. The first-order chi connectivity index (χ1) is 13.3. The van der Waals surface area contributed by atoms with Crippen molar-refractivity contribution < 1.29 is 14.4 Å². The fourth-order valence-electron chi connectivity index (χ4n) is 3.56. The Kier molecular flexibility index (Phi) is 5.68. The molecule has 148 valence electrons. The molecule has 0 aromatic heterocycles. The van der Waals surface area contributed by atoms with E-state index in [0.717, 1.165) is 10.8 Å². The largest absolute Gasteiger partial charge is 0.354 e. The summed E-state index contributed by atoms with van der Waals surface area (Å²) >= 11 is 0. The first-order valence-electron chi connectivity index (χ1n) is 9.61. The van der Waals surface area contributed by atoms with Gasteiger partial charge in [0.25, 0.3) is 5.91 Å². The Labute approximate surface area is 165 Å². The maximum Gasteiger partial charge on any atom is 0.251 e. The summed E-state index contributed by atoms with van der Waals surface area (Å²) in [7, 11) is 0. The van der Waals surface area contributed by atoms with Crippen molar-refractivity contribution in [2.75, 3.05) is 19.6 Å². The van der Waals surface area contributed by atoms with Gasteiger partial charge in [-0.15, -0.1) is 0 Å². The molecule has 2 aromatic carbocycles. The van der Waals surface area contributed by atoms with Gasteiger partial charge in [-0.2, -0.15) is 0 Å². The molecule has 0 radical (unpaired) electrons. The Morgan fingerprint density at radius 3 is 2.43 bits per heavy atom. The minimum absolute atomic E-state index is 0.0110. The van der Waals surface area contributed by atoms with Crippen molar-refractivity contribution in [1.82, 2.24) is 15.5 Å². The van der Waals surface area contributed by atoms with E-state index in [0.29, 0.717) is 25.2 Å². The molecule has 2 aromatic rings. The Balaban J connectivity index is 1.49. The van der Waals surface area contributed by atoms with Crippen LogP contribution >= 0.6 is 0 Å². The summed E-state index contributed by atoms with van der Waals surface area (Å²) in [6, 6.07) is 13.4. The van der Waals surface area contributed by atoms with E-state index < -0.39 is 0 Å². The van der Waals surface area contributed by atoms with Crippen LogP contribution < -0.4 is 10.6 Å². The van der Waals surface area contributed by atoms with Gasteiger partial charge in [-0.05, 0) is 37.6 Å². The Morgan fingerprint density at radius 1 is 1.04 bits per heavy atom. The van der Waals surface area contributed by atoms with Gasteiger partial charge in [0.1, 0.15) is 0 Å².